The fourth-order valence-electron chi connectivity index (χ4n) is 3.39. The number of rotatable bonds is 3. The summed E-state index contributed by atoms with van der Waals surface area (Å²) in [6.07, 6.45) is 3.55. The molecule has 2 aromatic carbocycles. The van der Waals surface area contributed by atoms with Gasteiger partial charge in [-0.15, -0.1) is 0 Å². The van der Waals surface area contributed by atoms with Crippen LogP contribution in [0.2, 0.25) is 10.0 Å². The molecule has 0 bridgehead atoms. The summed E-state index contributed by atoms with van der Waals surface area (Å²) < 4.78 is 1.82. The molecule has 3 aromatic heterocycles. The number of aryl methyl sites for hydroxylation is 1. The zero-order valence-corrected chi connectivity index (χ0v) is 17.3. The Balaban J connectivity index is 1.45. The molecule has 5 rings (SSSR count). The molecule has 6 nitrogen and oxygen atoms in total. The molecule has 8 heteroatoms. The molecule has 0 aliphatic carbocycles. The van der Waals surface area contributed by atoms with Crippen molar-refractivity contribution in [1.82, 2.24) is 19.4 Å². The van der Waals surface area contributed by atoms with Crippen LogP contribution in [0, 0.1) is 6.92 Å². The van der Waals surface area contributed by atoms with E-state index in [1.165, 1.54) is 0 Å². The monoisotopic (exact) mass is 435 g/mol. The first-order valence-corrected chi connectivity index (χ1v) is 9.94. The summed E-state index contributed by atoms with van der Waals surface area (Å²) in [6, 6.07) is 14.9. The predicted octanol–water partition coefficient (Wildman–Crippen LogP) is 5.75. The molecule has 148 valence electrons. The van der Waals surface area contributed by atoms with E-state index in [1.807, 2.05) is 53.9 Å². The number of nitrogens with zero attached hydrogens (tertiary/aromatic N) is 3. The summed E-state index contributed by atoms with van der Waals surface area (Å²) in [7, 11) is 0. The molecule has 1 amide bonds. The van der Waals surface area contributed by atoms with Crippen LogP contribution in [0.4, 0.5) is 5.95 Å². The Morgan fingerprint density at radius 1 is 1.10 bits per heavy atom. The Labute approximate surface area is 181 Å². The number of pyridine rings is 1. The van der Waals surface area contributed by atoms with Gasteiger partial charge in [0.1, 0.15) is 11.3 Å². The molecule has 0 saturated carbocycles. The van der Waals surface area contributed by atoms with Gasteiger partial charge in [0.2, 0.25) is 5.95 Å². The number of benzene rings is 2. The largest absolute Gasteiger partial charge is 0.324 e. The van der Waals surface area contributed by atoms with Crippen LogP contribution < -0.4 is 5.32 Å². The Kier molecular flexibility index (Phi) is 4.46. The minimum absolute atomic E-state index is 0.316. The summed E-state index contributed by atoms with van der Waals surface area (Å²) in [5, 5.41) is 3.99. The van der Waals surface area contributed by atoms with Crippen molar-refractivity contribution in [2.75, 3.05) is 5.32 Å². The van der Waals surface area contributed by atoms with Crippen molar-refractivity contribution in [2.24, 2.45) is 0 Å². The summed E-state index contributed by atoms with van der Waals surface area (Å²) in [5.41, 5.74) is 5.26. The van der Waals surface area contributed by atoms with Gasteiger partial charge in [0.05, 0.1) is 11.0 Å². The van der Waals surface area contributed by atoms with E-state index < -0.39 is 0 Å². The van der Waals surface area contributed by atoms with Gasteiger partial charge in [0.25, 0.3) is 5.91 Å². The number of hydrogen-bond acceptors (Lipinski definition) is 3. The van der Waals surface area contributed by atoms with Gasteiger partial charge in [-0.1, -0.05) is 35.3 Å². The van der Waals surface area contributed by atoms with Crippen LogP contribution >= 0.6 is 23.2 Å². The van der Waals surface area contributed by atoms with Gasteiger partial charge < -0.3 is 9.38 Å². The van der Waals surface area contributed by atoms with Crippen molar-refractivity contribution in [3.8, 4) is 11.1 Å². The van der Waals surface area contributed by atoms with Gasteiger partial charge in [-0.2, -0.15) is 0 Å². The second-order valence-electron chi connectivity index (χ2n) is 6.94. The SMILES string of the molecule is Cc1cccn2cc(C(=O)Nc3nc4ccc(-c5cc(Cl)ccc5Cl)cc4[nH]3)nc12. The standard InChI is InChI=1S/C22H15Cl2N5O/c1-12-3-2-8-29-11-19(25-20(12)29)21(30)28-22-26-17-7-4-13(9-18(17)27-22)15-10-14(23)5-6-16(15)24/h2-11H,1H3,(H2,26,27,28,30). The van der Waals surface area contributed by atoms with E-state index >= 15 is 0 Å². The second-order valence-corrected chi connectivity index (χ2v) is 7.79. The number of aromatic nitrogens is 4. The fraction of sp³-hybridized carbons (Fsp3) is 0.0455. The van der Waals surface area contributed by atoms with Crippen molar-refractivity contribution in [1.29, 1.82) is 0 Å². The van der Waals surface area contributed by atoms with Crippen molar-refractivity contribution in [3.05, 3.63) is 82.2 Å². The highest BCUT2D eigenvalue weighted by molar-refractivity contribution is 6.35. The van der Waals surface area contributed by atoms with E-state index in [0.29, 0.717) is 21.7 Å². The van der Waals surface area contributed by atoms with E-state index in [9.17, 15) is 4.79 Å². The highest BCUT2D eigenvalue weighted by atomic mass is 35.5. The van der Waals surface area contributed by atoms with E-state index in [0.717, 1.165) is 33.4 Å². The first-order chi connectivity index (χ1) is 14.5. The lowest BCUT2D eigenvalue weighted by molar-refractivity contribution is 0.102. The van der Waals surface area contributed by atoms with Crippen LogP contribution in [0.25, 0.3) is 27.8 Å². The molecule has 0 aliphatic rings. The minimum Gasteiger partial charge on any atom is -0.324 e. The topological polar surface area (TPSA) is 75.1 Å². The highest BCUT2D eigenvalue weighted by Crippen LogP contribution is 2.32. The second kappa shape index (κ2) is 7.16. The third kappa shape index (κ3) is 3.30. The number of imidazole rings is 2. The smallest absolute Gasteiger partial charge is 0.278 e. The predicted molar refractivity (Wildman–Crippen MR) is 119 cm³/mol. The number of H-pyrrole nitrogens is 1. The minimum atomic E-state index is -0.338. The van der Waals surface area contributed by atoms with Gasteiger partial charge >= 0.3 is 0 Å². The lowest BCUT2D eigenvalue weighted by Crippen LogP contribution is -2.13. The number of amides is 1. The number of carbonyl (C=O) groups excluding carboxylic acids is 1. The summed E-state index contributed by atoms with van der Waals surface area (Å²) in [4.78, 5) is 24.7. The maximum Gasteiger partial charge on any atom is 0.278 e. The van der Waals surface area contributed by atoms with Crippen LogP contribution in [0.3, 0.4) is 0 Å². The average Bonchev–Trinajstić information content (AvgIpc) is 3.33. The molecule has 0 saturated heterocycles. The molecular formula is C22H15Cl2N5O. The van der Waals surface area contributed by atoms with Crippen molar-refractivity contribution in [3.63, 3.8) is 0 Å². The Morgan fingerprint density at radius 2 is 1.97 bits per heavy atom. The first-order valence-electron chi connectivity index (χ1n) is 9.19. The molecule has 0 atom stereocenters. The number of anilines is 1. The summed E-state index contributed by atoms with van der Waals surface area (Å²) >= 11 is 12.4. The number of hydrogen-bond donors (Lipinski definition) is 2. The van der Waals surface area contributed by atoms with Crippen molar-refractivity contribution < 1.29 is 4.79 Å². The Morgan fingerprint density at radius 3 is 2.80 bits per heavy atom. The quantitative estimate of drug-likeness (QED) is 0.379. The highest BCUT2D eigenvalue weighted by Gasteiger charge is 2.14. The van der Waals surface area contributed by atoms with E-state index in [2.05, 4.69) is 20.3 Å². The van der Waals surface area contributed by atoms with Crippen molar-refractivity contribution in [2.45, 2.75) is 6.92 Å². The van der Waals surface area contributed by atoms with Crippen LogP contribution in [0.15, 0.2) is 60.9 Å². The number of halogens is 2. The molecule has 0 spiro atoms. The van der Waals surface area contributed by atoms with Gasteiger partial charge in [-0.3, -0.25) is 10.1 Å². The molecule has 3 heterocycles. The van der Waals surface area contributed by atoms with Gasteiger partial charge in [-0.05, 0) is 54.4 Å². The number of nitrogens with one attached hydrogen (secondary N) is 2. The zero-order chi connectivity index (χ0) is 20.8. The van der Waals surface area contributed by atoms with E-state index in [1.54, 1.807) is 18.3 Å². The van der Waals surface area contributed by atoms with Gasteiger partial charge in [0, 0.05) is 28.0 Å². The van der Waals surface area contributed by atoms with Crippen LogP contribution in [-0.2, 0) is 0 Å². The first kappa shape index (κ1) is 18.7. The molecule has 30 heavy (non-hydrogen) atoms. The zero-order valence-electron chi connectivity index (χ0n) is 15.8. The van der Waals surface area contributed by atoms with Gasteiger partial charge in [0.15, 0.2) is 0 Å². The molecule has 0 aliphatic heterocycles. The molecule has 0 fully saturated rings. The van der Waals surface area contributed by atoms with Crippen molar-refractivity contribution >= 4 is 51.7 Å². The third-order valence-corrected chi connectivity index (χ3v) is 5.43. The lowest BCUT2D eigenvalue weighted by atomic mass is 10.1. The van der Waals surface area contributed by atoms with E-state index in [4.69, 9.17) is 23.2 Å². The third-order valence-electron chi connectivity index (χ3n) is 4.86. The average molecular weight is 436 g/mol. The maximum atomic E-state index is 12.7. The number of fused-ring (bicyclic) bond motifs is 2. The summed E-state index contributed by atoms with van der Waals surface area (Å²) in [6.45, 7) is 1.95. The van der Waals surface area contributed by atoms with E-state index in [-0.39, 0.29) is 5.91 Å². The van der Waals surface area contributed by atoms with Gasteiger partial charge in [-0.25, -0.2) is 9.97 Å². The Bertz CT molecular complexity index is 1440. The Hall–Kier alpha value is -3.35. The molecular weight excluding hydrogens is 421 g/mol. The van der Waals surface area contributed by atoms with Crippen LogP contribution in [-0.4, -0.2) is 25.3 Å². The number of carbonyl (C=O) groups is 1. The fourth-order valence-corrected chi connectivity index (χ4v) is 3.79. The summed E-state index contributed by atoms with van der Waals surface area (Å²) in [5.74, 6) is 0.00776. The molecule has 5 aromatic rings. The molecule has 0 radical (unpaired) electrons. The lowest BCUT2D eigenvalue weighted by Gasteiger charge is -2.05. The van der Waals surface area contributed by atoms with Crippen LogP contribution in [0.5, 0.6) is 0 Å². The molecule has 0 unspecified atom stereocenters. The van der Waals surface area contributed by atoms with Crippen LogP contribution in [0.1, 0.15) is 16.1 Å². The number of aromatic amines is 1. The maximum absolute atomic E-state index is 12.7. The normalized spacial score (nSPS) is 11.3. The molecule has 2 N–H and O–H groups in total.